The van der Waals surface area contributed by atoms with Crippen LogP contribution in [0.25, 0.3) is 0 Å². The van der Waals surface area contributed by atoms with Crippen LogP contribution in [0.2, 0.25) is 5.02 Å². The first kappa shape index (κ1) is 18.8. The van der Waals surface area contributed by atoms with Gasteiger partial charge in [-0.3, -0.25) is 4.79 Å². The highest BCUT2D eigenvalue weighted by atomic mass is 35.5. The summed E-state index contributed by atoms with van der Waals surface area (Å²) in [6.45, 7) is 0. The summed E-state index contributed by atoms with van der Waals surface area (Å²) >= 11 is 6.05. The Morgan fingerprint density at radius 2 is 1.63 bits per heavy atom. The van der Waals surface area contributed by atoms with Crippen molar-refractivity contribution < 1.29 is 9.90 Å². The van der Waals surface area contributed by atoms with E-state index in [4.69, 9.17) is 11.6 Å². The molecule has 2 aliphatic rings. The summed E-state index contributed by atoms with van der Waals surface area (Å²) in [6.07, 6.45) is 1.17. The summed E-state index contributed by atoms with van der Waals surface area (Å²) in [4.78, 5) is 13.4. The van der Waals surface area contributed by atoms with Gasteiger partial charge in [-0.2, -0.15) is 0 Å². The third kappa shape index (κ3) is 3.44. The fourth-order valence-corrected chi connectivity index (χ4v) is 4.54. The van der Waals surface area contributed by atoms with Crippen LogP contribution in [-0.2, 0) is 4.79 Å². The summed E-state index contributed by atoms with van der Waals surface area (Å²) < 4.78 is 0. The molecule has 2 atom stereocenters. The van der Waals surface area contributed by atoms with Crippen molar-refractivity contribution in [2.75, 3.05) is 10.6 Å². The number of ketones is 1. The van der Waals surface area contributed by atoms with E-state index >= 15 is 0 Å². The van der Waals surface area contributed by atoms with Crippen molar-refractivity contribution in [2.45, 2.75) is 24.8 Å². The van der Waals surface area contributed by atoms with E-state index in [2.05, 4.69) is 10.6 Å². The van der Waals surface area contributed by atoms with E-state index in [0.717, 1.165) is 40.2 Å². The monoisotopic (exact) mass is 416 g/mol. The molecule has 5 rings (SSSR count). The van der Waals surface area contributed by atoms with E-state index in [1.54, 1.807) is 18.2 Å². The predicted octanol–water partition coefficient (Wildman–Crippen LogP) is 6.03. The maximum Gasteiger partial charge on any atom is 0.163 e. The van der Waals surface area contributed by atoms with E-state index < -0.39 is 0 Å². The molecule has 4 nitrogen and oxygen atoms in total. The number of anilines is 2. The molecule has 0 spiro atoms. The Morgan fingerprint density at radius 3 is 2.40 bits per heavy atom. The maximum absolute atomic E-state index is 13.4. The number of aromatic hydroxyl groups is 1. The van der Waals surface area contributed by atoms with E-state index in [-0.39, 0.29) is 23.5 Å². The smallest absolute Gasteiger partial charge is 0.163 e. The molecular formula is C25H21ClN2O2. The zero-order chi connectivity index (χ0) is 20.7. The van der Waals surface area contributed by atoms with Gasteiger partial charge in [0.1, 0.15) is 5.75 Å². The second-order valence-electron chi connectivity index (χ2n) is 7.82. The Balaban J connectivity index is 1.61. The Morgan fingerprint density at radius 1 is 0.867 bits per heavy atom. The number of hydrogen-bond acceptors (Lipinski definition) is 4. The molecule has 0 unspecified atom stereocenters. The Labute approximate surface area is 180 Å². The van der Waals surface area contributed by atoms with Gasteiger partial charge in [-0.15, -0.1) is 0 Å². The van der Waals surface area contributed by atoms with E-state index in [1.165, 1.54) is 0 Å². The molecule has 3 aromatic carbocycles. The Kier molecular flexibility index (Phi) is 4.72. The zero-order valence-corrected chi connectivity index (χ0v) is 17.0. The molecule has 1 aliphatic carbocycles. The van der Waals surface area contributed by atoms with E-state index in [0.29, 0.717) is 11.4 Å². The molecule has 1 heterocycles. The van der Waals surface area contributed by atoms with Crippen molar-refractivity contribution in [1.82, 2.24) is 0 Å². The van der Waals surface area contributed by atoms with Crippen LogP contribution in [0.5, 0.6) is 5.75 Å². The zero-order valence-electron chi connectivity index (χ0n) is 16.2. The molecule has 0 saturated carbocycles. The molecule has 150 valence electrons. The number of halogens is 1. The van der Waals surface area contributed by atoms with Gasteiger partial charge in [0, 0.05) is 22.7 Å². The van der Waals surface area contributed by atoms with Gasteiger partial charge in [0.2, 0.25) is 0 Å². The number of nitrogens with one attached hydrogen (secondary N) is 2. The van der Waals surface area contributed by atoms with Crippen molar-refractivity contribution in [3.8, 4) is 5.75 Å². The molecule has 0 aromatic heterocycles. The van der Waals surface area contributed by atoms with Gasteiger partial charge in [0.25, 0.3) is 0 Å². The lowest BCUT2D eigenvalue weighted by atomic mass is 9.78. The fourth-order valence-electron chi connectivity index (χ4n) is 4.42. The Hall–Kier alpha value is -3.24. The van der Waals surface area contributed by atoms with Crippen LogP contribution in [0.3, 0.4) is 0 Å². The van der Waals surface area contributed by atoms with Crippen LogP contribution in [0.15, 0.2) is 84.1 Å². The Bertz CT molecular complexity index is 1150. The molecule has 0 fully saturated rings. The van der Waals surface area contributed by atoms with Crippen LogP contribution in [0, 0.1) is 0 Å². The van der Waals surface area contributed by atoms with Gasteiger partial charge >= 0.3 is 0 Å². The lowest BCUT2D eigenvalue weighted by molar-refractivity contribution is -0.116. The lowest BCUT2D eigenvalue weighted by Crippen LogP contribution is -2.26. The number of Topliss-reactive ketones (excluding diaryl/α,β-unsaturated/α-hetero) is 1. The number of para-hydroxylation sites is 2. The second-order valence-corrected chi connectivity index (χ2v) is 8.25. The summed E-state index contributed by atoms with van der Waals surface area (Å²) in [6, 6.07) is 22.5. The van der Waals surface area contributed by atoms with Gasteiger partial charge in [-0.25, -0.2) is 0 Å². The fraction of sp³-hybridized carbons (Fsp3) is 0.160. The van der Waals surface area contributed by atoms with E-state index in [9.17, 15) is 9.90 Å². The molecule has 3 aromatic rings. The largest absolute Gasteiger partial charge is 0.508 e. The molecule has 0 radical (unpaired) electrons. The molecule has 3 N–H and O–H groups in total. The highest BCUT2D eigenvalue weighted by Gasteiger charge is 2.36. The average molecular weight is 417 g/mol. The minimum atomic E-state index is -0.332. The summed E-state index contributed by atoms with van der Waals surface area (Å²) in [5.74, 6) is 0.387. The first-order chi connectivity index (χ1) is 14.6. The molecule has 5 heteroatoms. The lowest BCUT2D eigenvalue weighted by Gasteiger charge is -2.30. The second kappa shape index (κ2) is 7.54. The molecule has 0 bridgehead atoms. The molecule has 30 heavy (non-hydrogen) atoms. The average Bonchev–Trinajstić information content (AvgIpc) is 2.91. The SMILES string of the molecule is O=C1C[C@H](c2ccc(Cl)cc2)CC2=C1[C@H](c1cccc(O)c1)Nc1ccccc1N2. The van der Waals surface area contributed by atoms with Crippen LogP contribution in [0.4, 0.5) is 11.4 Å². The summed E-state index contributed by atoms with van der Waals surface area (Å²) in [5.41, 5.74) is 5.51. The van der Waals surface area contributed by atoms with Crippen LogP contribution in [-0.4, -0.2) is 10.9 Å². The summed E-state index contributed by atoms with van der Waals surface area (Å²) in [5, 5.41) is 17.8. The minimum absolute atomic E-state index is 0.0936. The third-order valence-corrected chi connectivity index (χ3v) is 6.11. The normalized spacial score (nSPS) is 20.5. The van der Waals surface area contributed by atoms with Crippen molar-refractivity contribution >= 4 is 28.8 Å². The summed E-state index contributed by atoms with van der Waals surface area (Å²) in [7, 11) is 0. The number of hydrogen-bond donors (Lipinski definition) is 3. The van der Waals surface area contributed by atoms with Crippen LogP contribution >= 0.6 is 11.6 Å². The quantitative estimate of drug-likeness (QED) is 0.477. The molecule has 1 aliphatic heterocycles. The number of allylic oxidation sites excluding steroid dienone is 1. The third-order valence-electron chi connectivity index (χ3n) is 5.85. The van der Waals surface area contributed by atoms with E-state index in [1.807, 2.05) is 54.6 Å². The minimum Gasteiger partial charge on any atom is -0.508 e. The molecule has 0 amide bonds. The van der Waals surface area contributed by atoms with Crippen molar-refractivity contribution in [1.29, 1.82) is 0 Å². The van der Waals surface area contributed by atoms with Crippen LogP contribution in [0.1, 0.15) is 35.9 Å². The van der Waals surface area contributed by atoms with Crippen molar-refractivity contribution in [3.63, 3.8) is 0 Å². The standard InChI is InChI=1S/C25H21ClN2O2/c26-18-10-8-15(9-11-18)17-13-22-24(23(30)14-17)25(16-4-3-5-19(29)12-16)28-21-7-2-1-6-20(21)27-22/h1-12,17,25,27-29H,13-14H2/t17-,25+/m1/s1. The van der Waals surface area contributed by atoms with Crippen LogP contribution < -0.4 is 10.6 Å². The number of carbonyl (C=O) groups excluding carboxylic acids is 1. The maximum atomic E-state index is 13.4. The topological polar surface area (TPSA) is 61.4 Å². The first-order valence-corrected chi connectivity index (χ1v) is 10.4. The first-order valence-electron chi connectivity index (χ1n) is 10.0. The number of phenolic OH excluding ortho intramolecular Hbond substituents is 1. The number of rotatable bonds is 2. The number of benzene rings is 3. The predicted molar refractivity (Wildman–Crippen MR) is 120 cm³/mol. The van der Waals surface area contributed by atoms with Gasteiger partial charge < -0.3 is 15.7 Å². The van der Waals surface area contributed by atoms with Crippen molar-refractivity contribution in [3.05, 3.63) is 100 Å². The molecule has 0 saturated heterocycles. The van der Waals surface area contributed by atoms with Gasteiger partial charge in [0.15, 0.2) is 5.78 Å². The number of fused-ring (bicyclic) bond motifs is 1. The van der Waals surface area contributed by atoms with Gasteiger partial charge in [0.05, 0.1) is 17.4 Å². The number of carbonyl (C=O) groups is 1. The highest BCUT2D eigenvalue weighted by Crippen LogP contribution is 2.44. The van der Waals surface area contributed by atoms with Gasteiger partial charge in [-0.1, -0.05) is 48.0 Å². The van der Waals surface area contributed by atoms with Crippen molar-refractivity contribution in [2.24, 2.45) is 0 Å². The van der Waals surface area contributed by atoms with Gasteiger partial charge in [-0.05, 0) is 59.9 Å². The number of phenols is 1. The molecular weight excluding hydrogens is 396 g/mol. The highest BCUT2D eigenvalue weighted by molar-refractivity contribution is 6.30.